The van der Waals surface area contributed by atoms with E-state index in [2.05, 4.69) is 128 Å². The van der Waals surface area contributed by atoms with Crippen LogP contribution in [0.3, 0.4) is 0 Å². The van der Waals surface area contributed by atoms with E-state index < -0.39 is 0 Å². The number of hydrogen-bond acceptors (Lipinski definition) is 2. The molecule has 0 saturated heterocycles. The lowest BCUT2D eigenvalue weighted by atomic mass is 9.79. The fourth-order valence-corrected chi connectivity index (χ4v) is 7.57. The van der Waals surface area contributed by atoms with Crippen LogP contribution in [0.1, 0.15) is 28.2 Å². The molecule has 1 aliphatic rings. The molecule has 7 aromatic rings. The van der Waals surface area contributed by atoms with E-state index in [9.17, 15) is 5.26 Å². The van der Waals surface area contributed by atoms with Gasteiger partial charge in [0, 0.05) is 26.1 Å². The summed E-state index contributed by atoms with van der Waals surface area (Å²) in [7, 11) is 0. The monoisotopic (exact) mass is 551 g/mol. The van der Waals surface area contributed by atoms with Crippen LogP contribution in [0.5, 0.6) is 0 Å². The summed E-state index contributed by atoms with van der Waals surface area (Å²) < 4.78 is 2.52. The Morgan fingerprint density at radius 3 is 2.31 bits per heavy atom. The van der Waals surface area contributed by atoms with Crippen molar-refractivity contribution in [3.8, 4) is 28.3 Å². The Labute approximate surface area is 248 Å². The lowest BCUT2D eigenvalue weighted by Crippen LogP contribution is -2.05. The smallest absolute Gasteiger partial charge is 0.0991 e. The molecule has 1 nitrogen and oxygen atoms in total. The first-order valence-corrected chi connectivity index (χ1v) is 14.9. The number of allylic oxidation sites excluding steroid dienone is 2. The fourth-order valence-electron chi connectivity index (χ4n) is 6.46. The number of nitrogens with zero attached hydrogens (tertiary/aromatic N) is 1. The highest BCUT2D eigenvalue weighted by atomic mass is 32.1. The lowest BCUT2D eigenvalue weighted by molar-refractivity contribution is 1.10. The average Bonchev–Trinajstić information content (AvgIpc) is 3.43. The third kappa shape index (κ3) is 3.90. The Bertz CT molecular complexity index is 2280. The molecule has 0 fully saturated rings. The molecule has 0 aliphatic heterocycles. The van der Waals surface area contributed by atoms with Crippen LogP contribution in [0.25, 0.3) is 64.8 Å². The summed E-state index contributed by atoms with van der Waals surface area (Å²) in [6, 6.07) is 45.4. The molecule has 0 radical (unpaired) electrons. The topological polar surface area (TPSA) is 23.8 Å². The Morgan fingerprint density at radius 2 is 1.45 bits per heavy atom. The summed E-state index contributed by atoms with van der Waals surface area (Å²) in [5, 5.41) is 14.5. The third-order valence-corrected chi connectivity index (χ3v) is 9.64. The first-order valence-electron chi connectivity index (χ1n) is 14.1. The molecular weight excluding hydrogens is 527 g/mol. The lowest BCUT2D eigenvalue weighted by Gasteiger charge is -2.25. The van der Waals surface area contributed by atoms with Gasteiger partial charge in [-0.1, -0.05) is 104 Å². The van der Waals surface area contributed by atoms with E-state index in [0.717, 1.165) is 16.7 Å². The number of thiophene rings is 1. The molecule has 6 aromatic carbocycles. The maximum atomic E-state index is 9.50. The van der Waals surface area contributed by atoms with Crippen LogP contribution in [0.2, 0.25) is 0 Å². The zero-order chi connectivity index (χ0) is 28.2. The summed E-state index contributed by atoms with van der Waals surface area (Å²) in [6.07, 6.45) is 4.52. The van der Waals surface area contributed by atoms with Gasteiger partial charge in [0.05, 0.1) is 11.6 Å². The summed E-state index contributed by atoms with van der Waals surface area (Å²) in [4.78, 5) is 0. The molecule has 0 N–H and O–H groups in total. The van der Waals surface area contributed by atoms with Crippen LogP contribution in [-0.2, 0) is 0 Å². The maximum Gasteiger partial charge on any atom is 0.0991 e. The van der Waals surface area contributed by atoms with E-state index in [0.29, 0.717) is 5.56 Å². The Balaban J connectivity index is 1.29. The Morgan fingerprint density at radius 1 is 0.667 bits per heavy atom. The quantitative estimate of drug-likeness (QED) is 0.214. The molecule has 1 atom stereocenters. The summed E-state index contributed by atoms with van der Waals surface area (Å²) in [5.74, 6) is 0.166. The minimum Gasteiger partial charge on any atom is -0.192 e. The molecule has 0 saturated carbocycles. The van der Waals surface area contributed by atoms with Crippen LogP contribution in [0, 0.1) is 11.3 Å². The van der Waals surface area contributed by atoms with Crippen molar-refractivity contribution in [2.75, 3.05) is 0 Å². The number of rotatable bonds is 3. The largest absolute Gasteiger partial charge is 0.192 e. The van der Waals surface area contributed by atoms with Gasteiger partial charge in [-0.25, -0.2) is 0 Å². The van der Waals surface area contributed by atoms with Gasteiger partial charge in [0.15, 0.2) is 0 Å². The third-order valence-electron chi connectivity index (χ3n) is 8.51. The van der Waals surface area contributed by atoms with Crippen LogP contribution in [-0.4, -0.2) is 0 Å². The van der Waals surface area contributed by atoms with Gasteiger partial charge in [-0.3, -0.25) is 0 Å². The minimum absolute atomic E-state index is 0.166. The first-order chi connectivity index (χ1) is 20.7. The van der Waals surface area contributed by atoms with Crippen molar-refractivity contribution in [2.45, 2.75) is 5.92 Å². The molecule has 0 bridgehead atoms. The number of hydrogen-bond donors (Lipinski definition) is 0. The van der Waals surface area contributed by atoms with E-state index >= 15 is 0 Å². The molecule has 1 aromatic heterocycles. The number of benzene rings is 6. The van der Waals surface area contributed by atoms with Crippen LogP contribution in [0.4, 0.5) is 0 Å². The normalized spacial score (nSPS) is 14.4. The minimum atomic E-state index is 0.166. The van der Waals surface area contributed by atoms with Crippen LogP contribution in [0.15, 0.2) is 134 Å². The molecule has 0 spiro atoms. The fraction of sp³-hybridized carbons (Fsp3) is 0.0250. The molecule has 196 valence electrons. The van der Waals surface area contributed by atoms with Crippen molar-refractivity contribution in [3.63, 3.8) is 0 Å². The van der Waals surface area contributed by atoms with Crippen molar-refractivity contribution >= 4 is 53.9 Å². The number of fused-ring (bicyclic) bond motifs is 6. The average molecular weight is 552 g/mol. The van der Waals surface area contributed by atoms with Crippen LogP contribution < -0.4 is 0 Å². The second kappa shape index (κ2) is 9.70. The second-order valence-corrected chi connectivity index (χ2v) is 12.0. The van der Waals surface area contributed by atoms with Gasteiger partial charge in [-0.15, -0.1) is 11.3 Å². The molecule has 1 unspecified atom stereocenters. The maximum absolute atomic E-state index is 9.50. The highest BCUT2D eigenvalue weighted by molar-refractivity contribution is 7.26. The summed E-state index contributed by atoms with van der Waals surface area (Å²) in [6.45, 7) is 4.61. The molecule has 2 heteroatoms. The Hall–Kier alpha value is -5.23. The highest BCUT2D eigenvalue weighted by Gasteiger charge is 2.22. The molecule has 1 heterocycles. The predicted octanol–water partition coefficient (Wildman–Crippen LogP) is 11.2. The van der Waals surface area contributed by atoms with E-state index in [-0.39, 0.29) is 5.92 Å². The van der Waals surface area contributed by atoms with E-state index in [1.165, 1.54) is 58.8 Å². The van der Waals surface area contributed by atoms with Crippen molar-refractivity contribution in [1.29, 1.82) is 5.26 Å². The molecule has 8 rings (SSSR count). The second-order valence-electron chi connectivity index (χ2n) is 10.9. The van der Waals surface area contributed by atoms with E-state index in [1.807, 2.05) is 29.5 Å². The SMILES string of the molecule is C=C1c2c(ccc3ccc(-c4ccc5sc6cccc(-c7cccc(C#N)c7)c6c5c4)cc23)C=CC1c1ccccc1. The van der Waals surface area contributed by atoms with Gasteiger partial charge in [0.2, 0.25) is 0 Å². The standard InChI is InChI=1S/C40H25NS/c1-25-33(27-8-3-2-4-9-27)19-17-29-15-13-28-14-16-30(22-35(28)39(25)29)31-18-20-37-36(23-31)40-34(11-6-12-38(40)42-37)32-10-5-7-26(21-32)24-41/h2-23,33H,1H2. The molecule has 0 amide bonds. The van der Waals surface area contributed by atoms with Gasteiger partial charge in [0.25, 0.3) is 0 Å². The molecule has 1 aliphatic carbocycles. The van der Waals surface area contributed by atoms with Gasteiger partial charge in [0.1, 0.15) is 0 Å². The number of nitriles is 1. The van der Waals surface area contributed by atoms with E-state index in [1.54, 1.807) is 0 Å². The van der Waals surface area contributed by atoms with Crippen molar-refractivity contribution in [2.24, 2.45) is 0 Å². The molecule has 42 heavy (non-hydrogen) atoms. The van der Waals surface area contributed by atoms with Gasteiger partial charge in [-0.2, -0.15) is 5.26 Å². The zero-order valence-electron chi connectivity index (χ0n) is 22.8. The van der Waals surface area contributed by atoms with Crippen molar-refractivity contribution in [1.82, 2.24) is 0 Å². The van der Waals surface area contributed by atoms with Gasteiger partial charge in [-0.05, 0) is 91.7 Å². The van der Waals surface area contributed by atoms with Crippen LogP contribution >= 0.6 is 11.3 Å². The molecular formula is C40H25NS. The summed E-state index contributed by atoms with van der Waals surface area (Å²) >= 11 is 1.82. The highest BCUT2D eigenvalue weighted by Crippen LogP contribution is 2.44. The van der Waals surface area contributed by atoms with E-state index in [4.69, 9.17) is 0 Å². The summed E-state index contributed by atoms with van der Waals surface area (Å²) in [5.41, 5.74) is 10.2. The van der Waals surface area contributed by atoms with Gasteiger partial charge < -0.3 is 0 Å². The van der Waals surface area contributed by atoms with Crippen molar-refractivity contribution < 1.29 is 0 Å². The van der Waals surface area contributed by atoms with Gasteiger partial charge >= 0.3 is 0 Å². The predicted molar refractivity (Wildman–Crippen MR) is 180 cm³/mol. The zero-order valence-corrected chi connectivity index (χ0v) is 23.7. The first kappa shape index (κ1) is 24.6. The van der Waals surface area contributed by atoms with Crippen molar-refractivity contribution in [3.05, 3.63) is 156 Å². The Kier molecular flexibility index (Phi) is 5.67.